The van der Waals surface area contributed by atoms with Crippen LogP contribution in [0.2, 0.25) is 0 Å². The molecule has 4 nitrogen and oxygen atoms in total. The molecule has 4 rings (SSSR count). The molecule has 0 spiro atoms. The Kier molecular flexibility index (Phi) is 3.75. The molecule has 0 amide bonds. The van der Waals surface area contributed by atoms with Gasteiger partial charge in [0.05, 0.1) is 6.04 Å². The number of nitrogens with one attached hydrogen (secondary N) is 1. The van der Waals surface area contributed by atoms with Crippen molar-refractivity contribution in [3.05, 3.63) is 83.9 Å². The molecule has 1 aliphatic heterocycles. The number of hydrogen-bond acceptors (Lipinski definition) is 4. The van der Waals surface area contributed by atoms with Crippen LogP contribution in [0.15, 0.2) is 67.0 Å². The van der Waals surface area contributed by atoms with E-state index in [0.29, 0.717) is 5.75 Å². The molecule has 0 saturated carbocycles. The van der Waals surface area contributed by atoms with Crippen molar-refractivity contribution in [1.29, 1.82) is 0 Å². The van der Waals surface area contributed by atoms with Crippen LogP contribution in [0.5, 0.6) is 11.5 Å². The zero-order chi connectivity index (χ0) is 16.4. The smallest absolute Gasteiger partial charge is 0.231 e. The fourth-order valence-electron chi connectivity index (χ4n) is 2.72. The quantitative estimate of drug-likeness (QED) is 0.783. The van der Waals surface area contributed by atoms with Crippen LogP contribution < -0.4 is 14.8 Å². The number of aromatic nitrogens is 1. The lowest BCUT2D eigenvalue weighted by Gasteiger charge is -2.21. The summed E-state index contributed by atoms with van der Waals surface area (Å²) in [6.45, 7) is 0.241. The van der Waals surface area contributed by atoms with E-state index in [1.807, 2.05) is 30.3 Å². The highest BCUT2D eigenvalue weighted by molar-refractivity contribution is 5.57. The van der Waals surface area contributed by atoms with Crippen LogP contribution in [0.1, 0.15) is 17.2 Å². The summed E-state index contributed by atoms with van der Waals surface area (Å²) < 4.78 is 24.0. The van der Waals surface area contributed by atoms with Crippen LogP contribution in [0.4, 0.5) is 10.1 Å². The van der Waals surface area contributed by atoms with E-state index in [1.165, 1.54) is 12.1 Å². The summed E-state index contributed by atoms with van der Waals surface area (Å²) in [4.78, 5) is 4.07. The van der Waals surface area contributed by atoms with Crippen LogP contribution in [0.25, 0.3) is 0 Å². The first-order chi connectivity index (χ1) is 11.8. The average molecular weight is 322 g/mol. The molecule has 1 atom stereocenters. The molecule has 2 heterocycles. The van der Waals surface area contributed by atoms with Crippen LogP contribution in [-0.4, -0.2) is 11.8 Å². The molecule has 0 fully saturated rings. The molecule has 0 aliphatic carbocycles. The normalized spacial score (nSPS) is 13.5. The van der Waals surface area contributed by atoms with Gasteiger partial charge in [0.25, 0.3) is 0 Å². The minimum atomic E-state index is -0.254. The van der Waals surface area contributed by atoms with Crippen LogP contribution in [-0.2, 0) is 0 Å². The van der Waals surface area contributed by atoms with E-state index < -0.39 is 0 Å². The Morgan fingerprint density at radius 1 is 0.875 bits per heavy atom. The lowest BCUT2D eigenvalue weighted by atomic mass is 9.99. The second-order valence-electron chi connectivity index (χ2n) is 5.48. The summed E-state index contributed by atoms with van der Waals surface area (Å²) >= 11 is 0. The number of nitrogens with zero attached hydrogens (tertiary/aromatic N) is 1. The average Bonchev–Trinajstić information content (AvgIpc) is 3.09. The van der Waals surface area contributed by atoms with E-state index >= 15 is 0 Å². The van der Waals surface area contributed by atoms with E-state index in [-0.39, 0.29) is 18.7 Å². The number of pyridine rings is 1. The van der Waals surface area contributed by atoms with Crippen molar-refractivity contribution in [2.45, 2.75) is 6.04 Å². The minimum absolute atomic E-state index is 0.131. The summed E-state index contributed by atoms with van der Waals surface area (Å²) in [5.74, 6) is 1.20. The Hall–Kier alpha value is -3.08. The van der Waals surface area contributed by atoms with E-state index in [4.69, 9.17) is 9.47 Å². The van der Waals surface area contributed by atoms with Gasteiger partial charge in [-0.3, -0.25) is 4.98 Å². The second-order valence-corrected chi connectivity index (χ2v) is 5.48. The third kappa shape index (κ3) is 2.88. The molecule has 1 unspecified atom stereocenters. The predicted octanol–water partition coefficient (Wildman–Crippen LogP) is 4.15. The fourth-order valence-corrected chi connectivity index (χ4v) is 2.72. The third-order valence-electron chi connectivity index (χ3n) is 3.93. The van der Waals surface area contributed by atoms with E-state index in [2.05, 4.69) is 10.3 Å². The molecule has 0 saturated heterocycles. The highest BCUT2D eigenvalue weighted by Crippen LogP contribution is 2.36. The Bertz CT molecular complexity index is 838. The van der Waals surface area contributed by atoms with Gasteiger partial charge in [-0.2, -0.15) is 0 Å². The molecule has 1 aliphatic rings. The molecular weight excluding hydrogens is 307 g/mol. The SMILES string of the molecule is Fc1ccc(C(Nc2ccc3c(c2)OCO3)c2ccncc2)cc1. The van der Waals surface area contributed by atoms with Crippen LogP contribution in [0.3, 0.4) is 0 Å². The van der Waals surface area contributed by atoms with Gasteiger partial charge in [-0.1, -0.05) is 12.1 Å². The minimum Gasteiger partial charge on any atom is -0.454 e. The maximum atomic E-state index is 13.3. The molecule has 2 aromatic carbocycles. The fraction of sp³-hybridized carbons (Fsp3) is 0.105. The van der Waals surface area contributed by atoms with Gasteiger partial charge >= 0.3 is 0 Å². The maximum Gasteiger partial charge on any atom is 0.231 e. The number of anilines is 1. The Morgan fingerprint density at radius 3 is 2.38 bits per heavy atom. The molecule has 0 radical (unpaired) electrons. The summed E-state index contributed by atoms with van der Waals surface area (Å²) in [5, 5.41) is 3.47. The summed E-state index contributed by atoms with van der Waals surface area (Å²) in [6.07, 6.45) is 3.49. The van der Waals surface area contributed by atoms with E-state index in [9.17, 15) is 4.39 Å². The second kappa shape index (κ2) is 6.20. The molecule has 1 aromatic heterocycles. The standard InChI is InChI=1S/C19H15FN2O2/c20-15-3-1-13(2-4-15)19(14-7-9-21-10-8-14)22-16-5-6-17-18(11-16)24-12-23-17/h1-11,19,22H,12H2. The highest BCUT2D eigenvalue weighted by Gasteiger charge is 2.17. The van der Waals surface area contributed by atoms with Crippen molar-refractivity contribution >= 4 is 5.69 Å². The molecule has 0 bridgehead atoms. The molecule has 1 N–H and O–H groups in total. The van der Waals surface area contributed by atoms with Gasteiger partial charge in [0.2, 0.25) is 6.79 Å². The van der Waals surface area contributed by atoms with Crippen LogP contribution >= 0.6 is 0 Å². The van der Waals surface area contributed by atoms with Crippen molar-refractivity contribution < 1.29 is 13.9 Å². The van der Waals surface area contributed by atoms with Gasteiger partial charge in [0.15, 0.2) is 11.5 Å². The molecule has 3 aromatic rings. The number of fused-ring (bicyclic) bond motifs is 1. The topological polar surface area (TPSA) is 43.4 Å². The van der Waals surface area contributed by atoms with Gasteiger partial charge < -0.3 is 14.8 Å². The lowest BCUT2D eigenvalue weighted by Crippen LogP contribution is -2.12. The van der Waals surface area contributed by atoms with Crippen molar-refractivity contribution in [3.63, 3.8) is 0 Å². The van der Waals surface area contributed by atoms with Crippen molar-refractivity contribution in [2.24, 2.45) is 0 Å². The Labute approximate surface area is 138 Å². The van der Waals surface area contributed by atoms with Crippen molar-refractivity contribution in [2.75, 3.05) is 12.1 Å². The number of benzene rings is 2. The highest BCUT2D eigenvalue weighted by atomic mass is 19.1. The van der Waals surface area contributed by atoms with Crippen molar-refractivity contribution in [1.82, 2.24) is 4.98 Å². The van der Waals surface area contributed by atoms with Gasteiger partial charge in [-0.05, 0) is 47.5 Å². The van der Waals surface area contributed by atoms with Gasteiger partial charge in [-0.25, -0.2) is 4.39 Å². The predicted molar refractivity (Wildman–Crippen MR) is 88.7 cm³/mol. The molecule has 24 heavy (non-hydrogen) atoms. The first-order valence-electron chi connectivity index (χ1n) is 7.61. The number of rotatable bonds is 4. The van der Waals surface area contributed by atoms with Crippen molar-refractivity contribution in [3.8, 4) is 11.5 Å². The van der Waals surface area contributed by atoms with Gasteiger partial charge in [-0.15, -0.1) is 0 Å². The van der Waals surface area contributed by atoms with E-state index in [1.54, 1.807) is 24.5 Å². The summed E-state index contributed by atoms with van der Waals surface area (Å²) in [6, 6.07) is 15.9. The first kappa shape index (κ1) is 14.5. The van der Waals surface area contributed by atoms with Crippen LogP contribution in [0, 0.1) is 5.82 Å². The zero-order valence-electron chi connectivity index (χ0n) is 12.8. The third-order valence-corrected chi connectivity index (χ3v) is 3.93. The zero-order valence-corrected chi connectivity index (χ0v) is 12.8. The summed E-state index contributed by atoms with van der Waals surface area (Å²) in [5.41, 5.74) is 2.89. The largest absolute Gasteiger partial charge is 0.454 e. The number of hydrogen-bond donors (Lipinski definition) is 1. The Morgan fingerprint density at radius 2 is 1.58 bits per heavy atom. The number of halogens is 1. The lowest BCUT2D eigenvalue weighted by molar-refractivity contribution is 0.174. The monoisotopic (exact) mass is 322 g/mol. The molecule has 5 heteroatoms. The molecule has 120 valence electrons. The van der Waals surface area contributed by atoms with E-state index in [0.717, 1.165) is 22.6 Å². The van der Waals surface area contributed by atoms with Gasteiger partial charge in [0.1, 0.15) is 5.82 Å². The summed E-state index contributed by atoms with van der Waals surface area (Å²) in [7, 11) is 0. The molecular formula is C19H15FN2O2. The van der Waals surface area contributed by atoms with Gasteiger partial charge in [0, 0.05) is 24.1 Å². The number of ether oxygens (including phenoxy) is 2. The maximum absolute atomic E-state index is 13.3. The Balaban J connectivity index is 1.69. The first-order valence-corrected chi connectivity index (χ1v) is 7.61.